The number of azide groups is 1. The van der Waals surface area contributed by atoms with Gasteiger partial charge in [0.25, 0.3) is 0 Å². The van der Waals surface area contributed by atoms with Gasteiger partial charge in [-0.05, 0) is 12.5 Å². The van der Waals surface area contributed by atoms with Gasteiger partial charge in [0.2, 0.25) is 5.91 Å². The smallest absolute Gasteiger partial charge is 0.325 e. The first-order valence-electron chi connectivity index (χ1n) is 11.9. The number of carboxylic acid groups (broad SMARTS) is 1. The van der Waals surface area contributed by atoms with Gasteiger partial charge in [-0.15, -0.1) is 0 Å². The van der Waals surface area contributed by atoms with Crippen LogP contribution in [0.4, 0.5) is 0 Å². The van der Waals surface area contributed by atoms with Crippen molar-refractivity contribution >= 4 is 45.7 Å². The molecule has 2 N–H and O–H groups in total. The topological polar surface area (TPSA) is 231 Å². The fourth-order valence-electron chi connectivity index (χ4n) is 3.42. The van der Waals surface area contributed by atoms with Crippen LogP contribution in [0.3, 0.4) is 0 Å². The molecular weight excluding hydrogens is 608 g/mol. The Morgan fingerprint density at radius 1 is 1.05 bits per heavy atom. The molecule has 17 nitrogen and oxygen atoms in total. The first kappa shape index (κ1) is 35.0. The molecule has 1 fully saturated rings. The molecule has 1 heterocycles. The van der Waals surface area contributed by atoms with E-state index in [4.69, 9.17) is 38.7 Å². The number of amides is 1. The van der Waals surface area contributed by atoms with Crippen LogP contribution < -0.4 is 5.32 Å². The lowest BCUT2D eigenvalue weighted by Crippen LogP contribution is -2.67. The molecule has 1 unspecified atom stereocenters. The Kier molecular flexibility index (Phi) is 14.8. The molecule has 0 bridgehead atoms. The fraction of sp³-hybridized carbons (Fsp3) is 0.773. The van der Waals surface area contributed by atoms with Crippen molar-refractivity contribution in [3.63, 3.8) is 0 Å². The van der Waals surface area contributed by atoms with Crippen LogP contribution in [0.5, 0.6) is 0 Å². The Morgan fingerprint density at radius 3 is 2.20 bits per heavy atom. The zero-order chi connectivity index (χ0) is 30.5. The van der Waals surface area contributed by atoms with Crippen molar-refractivity contribution < 1.29 is 62.2 Å². The second-order valence-corrected chi connectivity index (χ2v) is 10.2. The van der Waals surface area contributed by atoms with Crippen LogP contribution in [0.15, 0.2) is 5.11 Å². The zero-order valence-electron chi connectivity index (χ0n) is 22.6. The van der Waals surface area contributed by atoms with E-state index < -0.39 is 77.6 Å². The average Bonchev–Trinajstić information content (AvgIpc) is 2.83. The summed E-state index contributed by atoms with van der Waals surface area (Å²) in [5.74, 6) is -4.31. The van der Waals surface area contributed by atoms with Crippen molar-refractivity contribution in [2.45, 2.75) is 75.9 Å². The van der Waals surface area contributed by atoms with Crippen molar-refractivity contribution in [2.24, 2.45) is 5.11 Å². The number of ether oxygens (including phenoxy) is 7. The summed E-state index contributed by atoms with van der Waals surface area (Å²) >= 11 is 3.07. The number of halogens is 1. The van der Waals surface area contributed by atoms with Gasteiger partial charge in [-0.3, -0.25) is 24.0 Å². The number of rotatable bonds is 16. The van der Waals surface area contributed by atoms with Crippen LogP contribution in [-0.2, 0) is 57.1 Å². The van der Waals surface area contributed by atoms with E-state index in [-0.39, 0.29) is 26.4 Å². The Morgan fingerprint density at radius 2 is 1.68 bits per heavy atom. The maximum atomic E-state index is 12.1. The van der Waals surface area contributed by atoms with Gasteiger partial charge in [0, 0.05) is 39.2 Å². The van der Waals surface area contributed by atoms with Gasteiger partial charge in [-0.2, -0.15) is 0 Å². The number of carbonyl (C=O) groups excluding carboxylic acids is 4. The van der Waals surface area contributed by atoms with Crippen LogP contribution in [0, 0.1) is 0 Å². The maximum absolute atomic E-state index is 12.1. The van der Waals surface area contributed by atoms with E-state index >= 15 is 0 Å². The monoisotopic (exact) mass is 640 g/mol. The van der Waals surface area contributed by atoms with E-state index in [1.807, 2.05) is 0 Å². The van der Waals surface area contributed by atoms with Gasteiger partial charge in [0.1, 0.15) is 18.8 Å². The second kappa shape index (κ2) is 16.9. The second-order valence-electron chi connectivity index (χ2n) is 8.51. The molecule has 1 amide bonds. The molecular formula is C22H33BrN4O13. The van der Waals surface area contributed by atoms with Crippen LogP contribution in [0.1, 0.15) is 34.6 Å². The normalized spacial score (nSPS) is 24.4. The molecule has 0 aromatic heterocycles. The molecule has 0 saturated carbocycles. The molecule has 226 valence electrons. The number of aliphatic carboxylic acids is 1. The van der Waals surface area contributed by atoms with Crippen molar-refractivity contribution in [3.05, 3.63) is 10.4 Å². The van der Waals surface area contributed by atoms with Crippen molar-refractivity contribution in [1.82, 2.24) is 5.32 Å². The maximum Gasteiger partial charge on any atom is 0.325 e. The average molecular weight is 641 g/mol. The number of carbonyl (C=O) groups is 5. The molecule has 40 heavy (non-hydrogen) atoms. The first-order chi connectivity index (χ1) is 18.7. The van der Waals surface area contributed by atoms with Crippen molar-refractivity contribution in [1.29, 1.82) is 0 Å². The molecule has 0 aliphatic carbocycles. The van der Waals surface area contributed by atoms with Gasteiger partial charge in [-0.1, -0.05) is 21.0 Å². The van der Waals surface area contributed by atoms with Crippen LogP contribution in [-0.4, -0.2) is 109 Å². The summed E-state index contributed by atoms with van der Waals surface area (Å²) in [5.41, 5.74) is 8.31. The summed E-state index contributed by atoms with van der Waals surface area (Å²) in [5, 5.41) is 15.6. The summed E-state index contributed by atoms with van der Waals surface area (Å²) in [6, 6.07) is -1.34. The van der Waals surface area contributed by atoms with E-state index in [2.05, 4.69) is 31.3 Å². The molecule has 7 atom stereocenters. The molecule has 0 spiro atoms. The van der Waals surface area contributed by atoms with E-state index in [1.54, 1.807) is 0 Å². The molecule has 1 saturated heterocycles. The summed E-state index contributed by atoms with van der Waals surface area (Å²) in [6.07, 6.45) is -7.24. The summed E-state index contributed by atoms with van der Waals surface area (Å²) in [7, 11) is 0. The van der Waals surface area contributed by atoms with Crippen molar-refractivity contribution in [2.75, 3.05) is 33.0 Å². The Balaban J connectivity index is 3.38. The lowest BCUT2D eigenvalue weighted by atomic mass is 9.96. The van der Waals surface area contributed by atoms with E-state index in [9.17, 15) is 29.1 Å². The van der Waals surface area contributed by atoms with Gasteiger partial charge in [-0.25, -0.2) is 0 Å². The predicted octanol–water partition coefficient (Wildman–Crippen LogP) is 0.567. The Hall–Kier alpha value is -3.02. The first-order valence-corrected chi connectivity index (χ1v) is 12.7. The Bertz CT molecular complexity index is 959. The largest absolute Gasteiger partial charge is 0.480 e. The summed E-state index contributed by atoms with van der Waals surface area (Å²) < 4.78 is 36.5. The van der Waals surface area contributed by atoms with E-state index in [0.29, 0.717) is 0 Å². The lowest BCUT2D eigenvalue weighted by Gasteiger charge is -2.46. The summed E-state index contributed by atoms with van der Waals surface area (Å²) in [4.78, 5) is 62.1. The highest BCUT2D eigenvalue weighted by Gasteiger charge is 2.53. The third kappa shape index (κ3) is 11.6. The van der Waals surface area contributed by atoms with Gasteiger partial charge in [0.05, 0.1) is 19.8 Å². The van der Waals surface area contributed by atoms with Crippen molar-refractivity contribution in [3.8, 4) is 0 Å². The van der Waals surface area contributed by atoms with Crippen LogP contribution in [0.2, 0.25) is 0 Å². The standard InChI is InChI=1S/C22H33BrN4O13/c1-11(28)26-16-18(38-14(4)31)17(37-13(3)30)15(10-36-12(2)29)39-19(16)40-21(22(5,23)20(32)33)35-9-8-34-7-6-25-27-24/h15-19,21H,6-10H2,1-5H3,(H,26,28)(H,32,33)/t15-,16-,17-,18-,19+,21-,22?/m1/s1. The minimum Gasteiger partial charge on any atom is -0.480 e. The highest BCUT2D eigenvalue weighted by Crippen LogP contribution is 2.33. The molecule has 0 aromatic rings. The third-order valence-electron chi connectivity index (χ3n) is 5.09. The number of hydrogen-bond acceptors (Lipinski definition) is 13. The number of nitrogens with one attached hydrogen (secondary N) is 1. The minimum absolute atomic E-state index is 0.0379. The lowest BCUT2D eigenvalue weighted by molar-refractivity contribution is -0.319. The molecule has 1 aliphatic rings. The van der Waals surface area contributed by atoms with Crippen LogP contribution in [0.25, 0.3) is 10.4 Å². The summed E-state index contributed by atoms with van der Waals surface area (Å²) in [6.45, 7) is 5.13. The molecule has 0 aromatic carbocycles. The number of alkyl halides is 1. The number of nitrogens with zero attached hydrogens (tertiary/aromatic N) is 3. The van der Waals surface area contributed by atoms with E-state index in [0.717, 1.165) is 27.7 Å². The van der Waals surface area contributed by atoms with Crippen LogP contribution >= 0.6 is 15.9 Å². The van der Waals surface area contributed by atoms with Gasteiger partial charge < -0.3 is 43.6 Å². The molecule has 1 rings (SSSR count). The fourth-order valence-corrected chi connectivity index (χ4v) is 3.66. The predicted molar refractivity (Wildman–Crippen MR) is 135 cm³/mol. The quantitative estimate of drug-likeness (QED) is 0.0343. The van der Waals surface area contributed by atoms with Gasteiger partial charge in [0.15, 0.2) is 29.1 Å². The third-order valence-corrected chi connectivity index (χ3v) is 5.80. The number of hydrogen-bond donors (Lipinski definition) is 2. The number of esters is 3. The Labute approximate surface area is 237 Å². The zero-order valence-corrected chi connectivity index (χ0v) is 24.2. The highest BCUT2D eigenvalue weighted by molar-refractivity contribution is 9.10. The SMILES string of the molecule is CC(=O)N[C@H]1[C@H](O[C@@H](OCCOCCN=[N+]=[N-])C(C)(Br)C(=O)O)O[C@H](COC(C)=O)[C@@H](OC(C)=O)[C@@H]1OC(C)=O. The minimum atomic E-state index is -1.88. The van der Waals surface area contributed by atoms with Gasteiger partial charge >= 0.3 is 23.9 Å². The van der Waals surface area contributed by atoms with E-state index in [1.165, 1.54) is 6.92 Å². The molecule has 18 heteroatoms. The molecule has 0 radical (unpaired) electrons. The number of carboxylic acids is 1. The highest BCUT2D eigenvalue weighted by atomic mass is 79.9. The molecule has 1 aliphatic heterocycles.